The van der Waals surface area contributed by atoms with Crippen LogP contribution in [-0.4, -0.2) is 4.75 Å². The van der Waals surface area contributed by atoms with Crippen molar-refractivity contribution in [3.63, 3.8) is 0 Å². The third kappa shape index (κ3) is 7.40. The summed E-state index contributed by atoms with van der Waals surface area (Å²) in [6, 6.07) is 1.76. The molecule has 0 saturated carbocycles. The van der Waals surface area contributed by atoms with Crippen LogP contribution in [0, 0.1) is 22.5 Å². The molecule has 0 aliphatic carbocycles. The molecular weight excluding hydrogens is 130 g/mol. The maximum atomic E-state index is 8.03. The van der Waals surface area contributed by atoms with Crippen LogP contribution in [0.1, 0.15) is 20.8 Å². The van der Waals surface area contributed by atoms with Crippen molar-refractivity contribution in [1.82, 2.24) is 0 Å². The fourth-order valence-electron chi connectivity index (χ4n) is 0.201. The van der Waals surface area contributed by atoms with Gasteiger partial charge in [0.2, 0.25) is 0 Å². The Morgan fingerprint density at radius 2 is 1.89 bits per heavy atom. The van der Waals surface area contributed by atoms with Crippen molar-refractivity contribution in [1.29, 1.82) is 5.26 Å². The molecule has 0 unspecified atom stereocenters. The van der Waals surface area contributed by atoms with Gasteiger partial charge in [0.1, 0.15) is 0 Å². The van der Waals surface area contributed by atoms with Gasteiger partial charge in [-0.25, -0.2) is 0 Å². The molecule has 0 N–H and O–H groups in total. The highest BCUT2D eigenvalue weighted by Crippen LogP contribution is 2.20. The first kappa shape index (κ1) is 8.40. The molecule has 0 aromatic carbocycles. The van der Waals surface area contributed by atoms with E-state index in [4.69, 9.17) is 5.26 Å². The van der Waals surface area contributed by atoms with Crippen LogP contribution in [0.25, 0.3) is 0 Å². The van der Waals surface area contributed by atoms with E-state index in [2.05, 4.69) is 31.9 Å². The maximum absolute atomic E-state index is 8.03. The molecular formula is C7H9NS. The zero-order valence-corrected chi connectivity index (χ0v) is 6.67. The maximum Gasteiger partial charge on any atom is 0.153 e. The molecule has 0 heterocycles. The van der Waals surface area contributed by atoms with Crippen molar-refractivity contribution >= 4 is 11.8 Å². The third-order valence-electron chi connectivity index (χ3n) is 0.464. The SMILES string of the molecule is CC(C)(C)SC#CC#N. The van der Waals surface area contributed by atoms with Crippen LogP contribution in [0.4, 0.5) is 0 Å². The lowest BCUT2D eigenvalue weighted by molar-refractivity contribution is 0.808. The Kier molecular flexibility index (Phi) is 3.20. The highest BCUT2D eigenvalue weighted by atomic mass is 32.2. The molecule has 0 amide bonds. The minimum Gasteiger partial charge on any atom is -0.183 e. The third-order valence-corrected chi connectivity index (χ3v) is 1.28. The topological polar surface area (TPSA) is 23.8 Å². The summed E-state index contributed by atoms with van der Waals surface area (Å²) < 4.78 is 0.143. The van der Waals surface area contributed by atoms with Crippen LogP contribution in [0.3, 0.4) is 0 Å². The molecule has 9 heavy (non-hydrogen) atoms. The summed E-state index contributed by atoms with van der Waals surface area (Å²) in [5, 5.41) is 10.7. The Morgan fingerprint density at radius 1 is 1.33 bits per heavy atom. The molecule has 0 aromatic heterocycles. The number of rotatable bonds is 0. The lowest BCUT2D eigenvalue weighted by Crippen LogP contribution is -2.04. The molecule has 0 radical (unpaired) electrons. The van der Waals surface area contributed by atoms with Gasteiger partial charge in [-0.1, -0.05) is 32.5 Å². The number of nitriles is 1. The average Bonchev–Trinajstić information content (AvgIpc) is 1.63. The lowest BCUT2D eigenvalue weighted by Gasteiger charge is -2.10. The van der Waals surface area contributed by atoms with Crippen LogP contribution in [0.2, 0.25) is 0 Å². The largest absolute Gasteiger partial charge is 0.183 e. The number of nitrogens with zero attached hydrogens (tertiary/aromatic N) is 1. The first-order valence-corrected chi connectivity index (χ1v) is 3.45. The van der Waals surface area contributed by atoms with E-state index < -0.39 is 0 Å². The standard InChI is InChI=1S/C7H9NS/c1-7(2,3)9-6-4-5-8/h1-3H3. The molecule has 0 rings (SSSR count). The Hall–Kier alpha value is -0.600. The molecule has 0 atom stereocenters. The van der Waals surface area contributed by atoms with Crippen molar-refractivity contribution < 1.29 is 0 Å². The van der Waals surface area contributed by atoms with Crippen molar-refractivity contribution in [2.75, 3.05) is 0 Å². The number of thioether (sulfide) groups is 1. The lowest BCUT2D eigenvalue weighted by atomic mass is 10.3. The van der Waals surface area contributed by atoms with Gasteiger partial charge in [0.05, 0.1) is 0 Å². The van der Waals surface area contributed by atoms with Gasteiger partial charge in [0.25, 0.3) is 0 Å². The van der Waals surface area contributed by atoms with Crippen LogP contribution in [0.15, 0.2) is 0 Å². The van der Waals surface area contributed by atoms with E-state index in [0.717, 1.165) is 0 Å². The van der Waals surface area contributed by atoms with Gasteiger partial charge in [0.15, 0.2) is 6.07 Å². The molecule has 0 spiro atoms. The van der Waals surface area contributed by atoms with E-state index in [9.17, 15) is 0 Å². The molecule has 48 valence electrons. The second-order valence-corrected chi connectivity index (χ2v) is 4.19. The second-order valence-electron chi connectivity index (χ2n) is 2.55. The molecule has 0 aliphatic rings. The Balaban J connectivity index is 3.67. The van der Waals surface area contributed by atoms with E-state index in [1.54, 1.807) is 6.07 Å². The van der Waals surface area contributed by atoms with Crippen molar-refractivity contribution in [2.24, 2.45) is 0 Å². The molecule has 0 saturated heterocycles. The van der Waals surface area contributed by atoms with Crippen LogP contribution < -0.4 is 0 Å². The highest BCUT2D eigenvalue weighted by Gasteiger charge is 2.07. The zero-order valence-electron chi connectivity index (χ0n) is 5.86. The minimum atomic E-state index is 0.143. The summed E-state index contributed by atoms with van der Waals surface area (Å²) in [5.74, 6) is 2.32. The van der Waals surface area contributed by atoms with Crippen molar-refractivity contribution in [3.05, 3.63) is 0 Å². The van der Waals surface area contributed by atoms with E-state index in [1.165, 1.54) is 11.8 Å². The summed E-state index contributed by atoms with van der Waals surface area (Å²) in [6.07, 6.45) is 0. The summed E-state index contributed by atoms with van der Waals surface area (Å²) in [4.78, 5) is 0. The molecule has 2 heteroatoms. The summed E-state index contributed by atoms with van der Waals surface area (Å²) in [7, 11) is 0. The van der Waals surface area contributed by atoms with E-state index >= 15 is 0 Å². The van der Waals surface area contributed by atoms with E-state index in [-0.39, 0.29) is 4.75 Å². The van der Waals surface area contributed by atoms with Crippen molar-refractivity contribution in [2.45, 2.75) is 25.5 Å². The fraction of sp³-hybridized carbons (Fsp3) is 0.571. The predicted molar refractivity (Wildman–Crippen MR) is 40.7 cm³/mol. The Morgan fingerprint density at radius 3 is 2.22 bits per heavy atom. The number of hydrogen-bond donors (Lipinski definition) is 0. The monoisotopic (exact) mass is 139 g/mol. The Bertz CT molecular complexity index is 172. The van der Waals surface area contributed by atoms with Gasteiger partial charge in [-0.05, 0) is 5.25 Å². The summed E-state index contributed by atoms with van der Waals surface area (Å²) >= 11 is 1.47. The van der Waals surface area contributed by atoms with Crippen molar-refractivity contribution in [3.8, 4) is 17.2 Å². The predicted octanol–water partition coefficient (Wildman–Crippen LogP) is 2.00. The fourth-order valence-corrected chi connectivity index (χ4v) is 0.604. The highest BCUT2D eigenvalue weighted by molar-refractivity contribution is 8.05. The van der Waals surface area contributed by atoms with Gasteiger partial charge in [0, 0.05) is 10.7 Å². The molecule has 0 fully saturated rings. The van der Waals surface area contributed by atoms with Gasteiger partial charge < -0.3 is 0 Å². The van der Waals surface area contributed by atoms with E-state index in [1.807, 2.05) is 0 Å². The zero-order chi connectivity index (χ0) is 7.33. The van der Waals surface area contributed by atoms with Gasteiger partial charge in [-0.3, -0.25) is 0 Å². The molecule has 0 aromatic rings. The first-order chi connectivity index (χ1) is 4.06. The quantitative estimate of drug-likeness (QED) is 0.479. The molecule has 1 nitrogen and oxygen atoms in total. The second kappa shape index (κ2) is 3.43. The Labute approximate surface area is 60.4 Å². The molecule has 0 bridgehead atoms. The molecule has 0 aliphatic heterocycles. The van der Waals surface area contributed by atoms with Gasteiger partial charge >= 0.3 is 0 Å². The average molecular weight is 139 g/mol. The minimum absolute atomic E-state index is 0.143. The van der Waals surface area contributed by atoms with Crippen LogP contribution in [0.5, 0.6) is 0 Å². The van der Waals surface area contributed by atoms with Crippen LogP contribution in [-0.2, 0) is 0 Å². The first-order valence-electron chi connectivity index (χ1n) is 2.63. The summed E-state index contributed by atoms with van der Waals surface area (Å²) in [5.41, 5.74) is 0. The smallest absolute Gasteiger partial charge is 0.153 e. The normalized spacial score (nSPS) is 9.11. The van der Waals surface area contributed by atoms with Gasteiger partial charge in [-0.2, -0.15) is 5.26 Å². The summed E-state index contributed by atoms with van der Waals surface area (Å²) in [6.45, 7) is 6.18. The van der Waals surface area contributed by atoms with Gasteiger partial charge in [-0.15, -0.1) is 0 Å². The van der Waals surface area contributed by atoms with Crippen LogP contribution >= 0.6 is 11.8 Å². The number of hydrogen-bond acceptors (Lipinski definition) is 2. The van der Waals surface area contributed by atoms with E-state index in [0.29, 0.717) is 0 Å².